The smallest absolute Gasteiger partial charge is 0.259 e. The summed E-state index contributed by atoms with van der Waals surface area (Å²) in [5, 5.41) is 17.4. The van der Waals surface area contributed by atoms with E-state index in [-0.39, 0.29) is 16.4 Å². The van der Waals surface area contributed by atoms with Crippen molar-refractivity contribution >= 4 is 50.5 Å². The third-order valence-electron chi connectivity index (χ3n) is 4.97. The molecule has 0 atom stereocenters. The van der Waals surface area contributed by atoms with Crippen LogP contribution in [0.15, 0.2) is 24.5 Å². The van der Waals surface area contributed by atoms with E-state index in [2.05, 4.69) is 25.4 Å². The Bertz CT molecular complexity index is 1420. The Kier molecular flexibility index (Phi) is 5.17. The average Bonchev–Trinajstić information content (AvgIpc) is 3.50. The van der Waals surface area contributed by atoms with Crippen molar-refractivity contribution in [2.45, 2.75) is 18.8 Å². The molecule has 0 radical (unpaired) electrons. The quantitative estimate of drug-likeness (QED) is 0.411. The van der Waals surface area contributed by atoms with Gasteiger partial charge in [-0.15, -0.1) is 5.10 Å². The van der Waals surface area contributed by atoms with Gasteiger partial charge in [0, 0.05) is 23.2 Å². The molecule has 0 unspecified atom stereocenters. The van der Waals surface area contributed by atoms with E-state index < -0.39 is 5.91 Å². The van der Waals surface area contributed by atoms with Crippen LogP contribution in [0.4, 0.5) is 5.13 Å². The van der Waals surface area contributed by atoms with Gasteiger partial charge in [-0.1, -0.05) is 34.5 Å². The third-order valence-corrected chi connectivity index (χ3v) is 6.35. The number of ether oxygens (including phenoxy) is 1. The summed E-state index contributed by atoms with van der Waals surface area (Å²) >= 11 is 13.7. The number of amides is 1. The first-order valence-corrected chi connectivity index (χ1v) is 11.0. The highest BCUT2D eigenvalue weighted by molar-refractivity contribution is 7.20. The molecule has 1 saturated carbocycles. The highest BCUT2D eigenvalue weighted by Gasteiger charge is 2.31. The molecule has 5 rings (SSSR count). The number of hydrogen-bond acceptors (Lipinski definition) is 8. The SMILES string of the molecule is COc1cnc(Cl)cc1-c1cc(C#N)ncc1C(=O)Nc1nn2c(Cl)c(C3CC3)nc2s1. The number of fused-ring (bicyclic) bond motifs is 1. The molecule has 4 aromatic heterocycles. The van der Waals surface area contributed by atoms with E-state index in [1.165, 1.54) is 41.4 Å². The minimum atomic E-state index is -0.470. The molecule has 4 heterocycles. The van der Waals surface area contributed by atoms with Crippen molar-refractivity contribution in [2.75, 3.05) is 12.4 Å². The van der Waals surface area contributed by atoms with Crippen LogP contribution >= 0.6 is 34.5 Å². The summed E-state index contributed by atoms with van der Waals surface area (Å²) in [6.07, 6.45) is 4.92. The van der Waals surface area contributed by atoms with Gasteiger partial charge in [0.15, 0.2) is 5.15 Å². The van der Waals surface area contributed by atoms with Crippen LogP contribution in [0.25, 0.3) is 16.1 Å². The largest absolute Gasteiger partial charge is 0.494 e. The van der Waals surface area contributed by atoms with Gasteiger partial charge in [-0.3, -0.25) is 10.1 Å². The zero-order chi connectivity index (χ0) is 22.4. The van der Waals surface area contributed by atoms with Crippen molar-refractivity contribution in [2.24, 2.45) is 0 Å². The van der Waals surface area contributed by atoms with Crippen molar-refractivity contribution < 1.29 is 9.53 Å². The summed E-state index contributed by atoms with van der Waals surface area (Å²) in [5.74, 6) is 0.317. The zero-order valence-electron chi connectivity index (χ0n) is 16.5. The lowest BCUT2D eigenvalue weighted by atomic mass is 10.0. The van der Waals surface area contributed by atoms with Gasteiger partial charge in [0.2, 0.25) is 10.1 Å². The fraction of sp³-hybridized carbons (Fsp3) is 0.200. The zero-order valence-corrected chi connectivity index (χ0v) is 18.8. The molecule has 32 heavy (non-hydrogen) atoms. The second-order valence-corrected chi connectivity index (χ2v) is 8.75. The molecule has 9 nitrogen and oxygen atoms in total. The maximum atomic E-state index is 13.1. The number of nitrogens with zero attached hydrogens (tertiary/aromatic N) is 6. The average molecular weight is 486 g/mol. The minimum absolute atomic E-state index is 0.138. The van der Waals surface area contributed by atoms with Gasteiger partial charge >= 0.3 is 0 Å². The van der Waals surface area contributed by atoms with Crippen molar-refractivity contribution in [3.63, 3.8) is 0 Å². The molecule has 1 aliphatic carbocycles. The van der Waals surface area contributed by atoms with Crippen molar-refractivity contribution in [1.82, 2.24) is 24.6 Å². The molecule has 0 aliphatic heterocycles. The van der Waals surface area contributed by atoms with E-state index in [1.807, 2.05) is 6.07 Å². The van der Waals surface area contributed by atoms with Crippen LogP contribution < -0.4 is 10.1 Å². The van der Waals surface area contributed by atoms with Crippen LogP contribution in [0.1, 0.15) is 40.5 Å². The number of halogens is 2. The normalized spacial score (nSPS) is 13.2. The summed E-state index contributed by atoms with van der Waals surface area (Å²) in [5.41, 5.74) is 2.12. The fourth-order valence-electron chi connectivity index (χ4n) is 3.28. The molecule has 160 valence electrons. The first-order valence-electron chi connectivity index (χ1n) is 9.45. The molecule has 1 N–H and O–H groups in total. The molecule has 0 bridgehead atoms. The van der Waals surface area contributed by atoms with Gasteiger partial charge in [0.25, 0.3) is 5.91 Å². The molecule has 0 spiro atoms. The van der Waals surface area contributed by atoms with Crippen LogP contribution in [0.3, 0.4) is 0 Å². The van der Waals surface area contributed by atoms with Gasteiger partial charge in [0.1, 0.15) is 22.7 Å². The lowest BCUT2D eigenvalue weighted by Gasteiger charge is -2.12. The summed E-state index contributed by atoms with van der Waals surface area (Å²) in [4.78, 5) is 26.3. The molecule has 0 saturated heterocycles. The lowest BCUT2D eigenvalue weighted by molar-refractivity contribution is 0.102. The number of hydrogen-bond donors (Lipinski definition) is 1. The Morgan fingerprint density at radius 3 is 2.78 bits per heavy atom. The maximum Gasteiger partial charge on any atom is 0.259 e. The first kappa shape index (κ1) is 20.6. The molecule has 4 aromatic rings. The molecule has 0 aromatic carbocycles. The summed E-state index contributed by atoms with van der Waals surface area (Å²) in [7, 11) is 1.48. The van der Waals surface area contributed by atoms with Crippen LogP contribution in [0.2, 0.25) is 10.3 Å². The third kappa shape index (κ3) is 3.64. The Morgan fingerprint density at radius 2 is 2.09 bits per heavy atom. The Labute approximate surface area is 195 Å². The fourth-order valence-corrected chi connectivity index (χ4v) is 4.61. The van der Waals surface area contributed by atoms with Crippen molar-refractivity contribution in [1.29, 1.82) is 5.26 Å². The van der Waals surface area contributed by atoms with Crippen LogP contribution in [0.5, 0.6) is 5.75 Å². The number of carbonyl (C=O) groups is 1. The van der Waals surface area contributed by atoms with E-state index in [1.54, 1.807) is 6.07 Å². The summed E-state index contributed by atoms with van der Waals surface area (Å²) in [6, 6.07) is 5.03. The predicted molar refractivity (Wildman–Crippen MR) is 120 cm³/mol. The van der Waals surface area contributed by atoms with Gasteiger partial charge in [-0.25, -0.2) is 15.0 Å². The number of pyridine rings is 2. The Morgan fingerprint density at radius 1 is 1.28 bits per heavy atom. The second kappa shape index (κ2) is 8.02. The second-order valence-electron chi connectivity index (χ2n) is 7.05. The Hall–Kier alpha value is -3.26. The number of nitriles is 1. The number of imidazole rings is 1. The molecule has 1 aliphatic rings. The Balaban J connectivity index is 1.52. The van der Waals surface area contributed by atoms with E-state index >= 15 is 0 Å². The minimum Gasteiger partial charge on any atom is -0.494 e. The predicted octanol–water partition coefficient (Wildman–Crippen LogP) is 4.56. The summed E-state index contributed by atoms with van der Waals surface area (Å²) < 4.78 is 6.89. The van der Waals surface area contributed by atoms with E-state index in [0.29, 0.717) is 38.0 Å². The van der Waals surface area contributed by atoms with Crippen LogP contribution in [-0.4, -0.2) is 37.6 Å². The van der Waals surface area contributed by atoms with Gasteiger partial charge < -0.3 is 4.74 Å². The first-order chi connectivity index (χ1) is 15.5. The van der Waals surface area contributed by atoms with E-state index in [9.17, 15) is 10.1 Å². The highest BCUT2D eigenvalue weighted by Crippen LogP contribution is 2.43. The number of carbonyl (C=O) groups excluding carboxylic acids is 1. The van der Waals surface area contributed by atoms with E-state index in [0.717, 1.165) is 18.5 Å². The molecule has 1 amide bonds. The number of anilines is 1. The molecular weight excluding hydrogens is 473 g/mol. The van der Waals surface area contributed by atoms with Gasteiger partial charge in [-0.05, 0) is 25.0 Å². The maximum absolute atomic E-state index is 13.1. The monoisotopic (exact) mass is 485 g/mol. The van der Waals surface area contributed by atoms with Crippen LogP contribution in [-0.2, 0) is 0 Å². The van der Waals surface area contributed by atoms with Crippen LogP contribution in [0, 0.1) is 11.3 Å². The molecule has 12 heteroatoms. The topological polar surface area (TPSA) is 118 Å². The summed E-state index contributed by atoms with van der Waals surface area (Å²) in [6.45, 7) is 0. The number of rotatable bonds is 5. The van der Waals surface area contributed by atoms with Gasteiger partial charge in [-0.2, -0.15) is 9.78 Å². The van der Waals surface area contributed by atoms with Crippen molar-refractivity contribution in [3.8, 4) is 22.9 Å². The number of nitrogens with one attached hydrogen (secondary N) is 1. The molecule has 1 fully saturated rings. The number of aromatic nitrogens is 5. The van der Waals surface area contributed by atoms with E-state index in [4.69, 9.17) is 27.9 Å². The standard InChI is InChI=1S/C20H13Cl2N7O2S/c1-31-14-8-25-15(21)5-12(14)11-4-10(6-23)24-7-13(11)18(30)27-19-28-29-17(22)16(9-2-3-9)26-20(29)32-19/h4-5,7-9H,2-3H2,1H3,(H,27,28,30). The lowest BCUT2D eigenvalue weighted by Crippen LogP contribution is -2.14. The molecular formula is C20H13Cl2N7O2S. The highest BCUT2D eigenvalue weighted by atomic mass is 35.5. The number of methoxy groups -OCH3 is 1. The van der Waals surface area contributed by atoms with Crippen molar-refractivity contribution in [3.05, 3.63) is 51.8 Å². The van der Waals surface area contributed by atoms with Gasteiger partial charge in [0.05, 0.1) is 24.6 Å².